The normalized spacial score (nSPS) is 13.9. The zero-order chi connectivity index (χ0) is 17.6. The Morgan fingerprint density at radius 3 is 2.64 bits per heavy atom. The first kappa shape index (κ1) is 16.2. The van der Waals surface area contributed by atoms with Crippen LogP contribution in [0, 0.1) is 0 Å². The lowest BCUT2D eigenvalue weighted by atomic mass is 10.2. The largest absolute Gasteiger partial charge is 0.481 e. The summed E-state index contributed by atoms with van der Waals surface area (Å²) < 4.78 is 7.00. The molecule has 3 aromatic heterocycles. The molecule has 1 amide bonds. The van der Waals surface area contributed by atoms with Crippen LogP contribution in [0.4, 0.5) is 5.69 Å². The molecular formula is C17H14Cl2N4O2. The summed E-state index contributed by atoms with van der Waals surface area (Å²) in [5.41, 5.74) is 2.45. The number of hydrogen-bond acceptors (Lipinski definition) is 4. The van der Waals surface area contributed by atoms with Crippen molar-refractivity contribution in [3.63, 3.8) is 0 Å². The molecule has 0 radical (unpaired) electrons. The predicted octanol–water partition coefficient (Wildman–Crippen LogP) is 4.17. The molecule has 25 heavy (non-hydrogen) atoms. The van der Waals surface area contributed by atoms with Crippen LogP contribution in [0.3, 0.4) is 0 Å². The molecule has 0 bridgehead atoms. The van der Waals surface area contributed by atoms with E-state index in [-0.39, 0.29) is 16.0 Å². The number of carbonyl (C=O) groups is 1. The molecule has 0 unspecified atom stereocenters. The second kappa shape index (κ2) is 6.20. The van der Waals surface area contributed by atoms with Gasteiger partial charge in [0.15, 0.2) is 0 Å². The molecule has 1 fully saturated rings. The molecule has 0 spiro atoms. The van der Waals surface area contributed by atoms with E-state index in [4.69, 9.17) is 27.9 Å². The summed E-state index contributed by atoms with van der Waals surface area (Å²) in [6.07, 6.45) is 5.10. The smallest absolute Gasteiger partial charge is 0.257 e. The molecule has 1 N–H and O–H groups in total. The summed E-state index contributed by atoms with van der Waals surface area (Å²) in [5.74, 6) is 0.702. The Morgan fingerprint density at radius 1 is 1.28 bits per heavy atom. The Kier molecular flexibility index (Phi) is 4.01. The van der Waals surface area contributed by atoms with E-state index in [0.717, 1.165) is 18.5 Å². The molecule has 1 saturated carbocycles. The second-order valence-corrected chi connectivity index (χ2v) is 6.68. The topological polar surface area (TPSA) is 68.5 Å². The van der Waals surface area contributed by atoms with Gasteiger partial charge in [-0.3, -0.25) is 9.78 Å². The number of nitrogens with zero attached hydrogens (tertiary/aromatic N) is 3. The fourth-order valence-corrected chi connectivity index (χ4v) is 3.17. The van der Waals surface area contributed by atoms with Crippen molar-refractivity contribution in [3.05, 3.63) is 51.9 Å². The van der Waals surface area contributed by atoms with Gasteiger partial charge in [0.05, 0.1) is 39.6 Å². The van der Waals surface area contributed by atoms with Crippen LogP contribution in [-0.2, 0) is 0 Å². The highest BCUT2D eigenvalue weighted by Crippen LogP contribution is 2.40. The summed E-state index contributed by atoms with van der Waals surface area (Å²) in [4.78, 5) is 16.7. The van der Waals surface area contributed by atoms with Crippen molar-refractivity contribution < 1.29 is 9.53 Å². The molecule has 0 aromatic carbocycles. The molecule has 4 rings (SSSR count). The average molecular weight is 377 g/mol. The van der Waals surface area contributed by atoms with Crippen LogP contribution in [-0.4, -0.2) is 27.6 Å². The van der Waals surface area contributed by atoms with Crippen molar-refractivity contribution in [3.8, 4) is 5.88 Å². The first-order valence-corrected chi connectivity index (χ1v) is 8.51. The standard InChI is InChI=1S/C17H14Cl2N4O2/c1-25-15-5-4-10(14-6-13(9-2-3-9)22-23(14)15)17(24)21-16-11(18)7-20-8-12(16)19/h4-9H,2-3H2,1H3,(H,20,21,24). The number of hydrogen-bond donors (Lipinski definition) is 1. The molecular weight excluding hydrogens is 363 g/mol. The van der Waals surface area contributed by atoms with Crippen molar-refractivity contribution in [2.75, 3.05) is 12.4 Å². The number of halogens is 2. The number of rotatable bonds is 4. The van der Waals surface area contributed by atoms with Gasteiger partial charge in [-0.05, 0) is 25.0 Å². The van der Waals surface area contributed by atoms with Crippen LogP contribution in [0.25, 0.3) is 5.52 Å². The van der Waals surface area contributed by atoms with Gasteiger partial charge in [0.1, 0.15) is 0 Å². The van der Waals surface area contributed by atoms with Gasteiger partial charge in [0, 0.05) is 24.4 Å². The van der Waals surface area contributed by atoms with E-state index in [9.17, 15) is 4.79 Å². The lowest BCUT2D eigenvalue weighted by molar-refractivity contribution is 0.102. The fourth-order valence-electron chi connectivity index (χ4n) is 2.71. The third kappa shape index (κ3) is 2.92. The lowest BCUT2D eigenvalue weighted by Crippen LogP contribution is -2.14. The number of nitrogens with one attached hydrogen (secondary N) is 1. The summed E-state index contributed by atoms with van der Waals surface area (Å²) in [5, 5.41) is 7.89. The molecule has 3 heterocycles. The summed E-state index contributed by atoms with van der Waals surface area (Å²) in [6, 6.07) is 5.34. The number of fused-ring (bicyclic) bond motifs is 1. The minimum atomic E-state index is -0.329. The molecule has 1 aliphatic rings. The van der Waals surface area contributed by atoms with Gasteiger partial charge in [-0.15, -0.1) is 0 Å². The van der Waals surface area contributed by atoms with Crippen molar-refractivity contribution in [2.24, 2.45) is 0 Å². The third-order valence-electron chi connectivity index (χ3n) is 4.15. The van der Waals surface area contributed by atoms with E-state index in [1.807, 2.05) is 6.07 Å². The minimum absolute atomic E-state index is 0.276. The Bertz CT molecular complexity index is 962. The molecule has 1 aliphatic carbocycles. The number of methoxy groups -OCH3 is 1. The van der Waals surface area contributed by atoms with Gasteiger partial charge < -0.3 is 10.1 Å². The molecule has 0 saturated heterocycles. The summed E-state index contributed by atoms with van der Waals surface area (Å²) in [6.45, 7) is 0. The molecule has 0 atom stereocenters. The molecule has 3 aromatic rings. The molecule has 128 valence electrons. The Morgan fingerprint density at radius 2 is 2.00 bits per heavy atom. The van der Waals surface area contributed by atoms with Gasteiger partial charge in [-0.1, -0.05) is 23.2 Å². The van der Waals surface area contributed by atoms with Crippen LogP contribution in [0.15, 0.2) is 30.6 Å². The molecule has 0 aliphatic heterocycles. The quantitative estimate of drug-likeness (QED) is 0.741. The SMILES string of the molecule is COc1ccc(C(=O)Nc2c(Cl)cncc2Cl)c2cc(C3CC3)nn12. The number of aromatic nitrogens is 3. The number of carbonyl (C=O) groups excluding carboxylic acids is 1. The third-order valence-corrected chi connectivity index (χ3v) is 4.72. The Balaban J connectivity index is 1.76. The zero-order valence-electron chi connectivity index (χ0n) is 13.3. The van der Waals surface area contributed by atoms with Crippen LogP contribution in [0.2, 0.25) is 10.0 Å². The van der Waals surface area contributed by atoms with Crippen molar-refractivity contribution >= 4 is 40.3 Å². The highest BCUT2D eigenvalue weighted by atomic mass is 35.5. The van der Waals surface area contributed by atoms with Gasteiger partial charge in [0.25, 0.3) is 5.91 Å². The van der Waals surface area contributed by atoms with Crippen molar-refractivity contribution in [1.82, 2.24) is 14.6 Å². The molecule has 8 heteroatoms. The first-order chi connectivity index (χ1) is 12.1. The number of ether oxygens (including phenoxy) is 1. The van der Waals surface area contributed by atoms with Gasteiger partial charge in [-0.25, -0.2) is 0 Å². The van der Waals surface area contributed by atoms with Gasteiger partial charge in [0.2, 0.25) is 5.88 Å². The summed E-state index contributed by atoms with van der Waals surface area (Å²) in [7, 11) is 1.57. The highest BCUT2D eigenvalue weighted by molar-refractivity contribution is 6.39. The van der Waals surface area contributed by atoms with Crippen molar-refractivity contribution in [2.45, 2.75) is 18.8 Å². The first-order valence-electron chi connectivity index (χ1n) is 7.75. The maximum absolute atomic E-state index is 12.8. The fraction of sp³-hybridized carbons (Fsp3) is 0.235. The maximum Gasteiger partial charge on any atom is 0.257 e. The van der Waals surface area contributed by atoms with Crippen LogP contribution >= 0.6 is 23.2 Å². The van der Waals surface area contributed by atoms with E-state index in [1.165, 1.54) is 12.4 Å². The van der Waals surface area contributed by atoms with E-state index in [0.29, 0.717) is 28.6 Å². The number of anilines is 1. The van der Waals surface area contributed by atoms with Crippen molar-refractivity contribution in [1.29, 1.82) is 0 Å². The Labute approximate surface area is 153 Å². The lowest BCUT2D eigenvalue weighted by Gasteiger charge is -2.10. The van der Waals surface area contributed by atoms with E-state index in [1.54, 1.807) is 23.8 Å². The van der Waals surface area contributed by atoms with E-state index < -0.39 is 0 Å². The van der Waals surface area contributed by atoms with E-state index in [2.05, 4.69) is 15.4 Å². The summed E-state index contributed by atoms with van der Waals surface area (Å²) >= 11 is 12.2. The minimum Gasteiger partial charge on any atom is -0.481 e. The number of pyridine rings is 2. The Hall–Kier alpha value is -2.31. The van der Waals surface area contributed by atoms with Crippen LogP contribution < -0.4 is 10.1 Å². The molecule has 6 nitrogen and oxygen atoms in total. The van der Waals surface area contributed by atoms with Gasteiger partial charge in [-0.2, -0.15) is 9.61 Å². The maximum atomic E-state index is 12.8. The average Bonchev–Trinajstić information content (AvgIpc) is 3.35. The predicted molar refractivity (Wildman–Crippen MR) is 95.9 cm³/mol. The monoisotopic (exact) mass is 376 g/mol. The second-order valence-electron chi connectivity index (χ2n) is 5.86. The highest BCUT2D eigenvalue weighted by Gasteiger charge is 2.28. The van der Waals surface area contributed by atoms with Crippen LogP contribution in [0.1, 0.15) is 34.8 Å². The number of amides is 1. The van der Waals surface area contributed by atoms with Gasteiger partial charge >= 0.3 is 0 Å². The zero-order valence-corrected chi connectivity index (χ0v) is 14.8. The van der Waals surface area contributed by atoms with Crippen LogP contribution in [0.5, 0.6) is 5.88 Å². The van der Waals surface area contributed by atoms with E-state index >= 15 is 0 Å².